The molecule has 2 fully saturated rings. The molecule has 0 N–H and O–H groups in total. The minimum absolute atomic E-state index is 0.156. The molecule has 0 saturated carbocycles. The third-order valence-electron chi connectivity index (χ3n) is 5.16. The summed E-state index contributed by atoms with van der Waals surface area (Å²) in [7, 11) is 0. The van der Waals surface area contributed by atoms with Crippen molar-refractivity contribution < 1.29 is 23.1 Å². The number of amides is 2. The number of nitrogens with zero attached hydrogens (tertiary/aromatic N) is 3. The molecule has 0 bridgehead atoms. The standard InChI is InChI=1S/C20H19F2N3O3/c21-14-4-1-5-15(10-14)25-13-20(28-11-17(25)26)7-3-9-24(12-20)19(27)18-16(22)6-2-8-23-18/h1-2,4-6,8,10H,3,7,9,11-13H2. The van der Waals surface area contributed by atoms with E-state index in [-0.39, 0.29) is 31.3 Å². The van der Waals surface area contributed by atoms with Gasteiger partial charge in [0.2, 0.25) is 0 Å². The first-order chi connectivity index (χ1) is 13.5. The minimum Gasteiger partial charge on any atom is -0.361 e. The number of piperidine rings is 1. The summed E-state index contributed by atoms with van der Waals surface area (Å²) in [5.74, 6) is -1.88. The molecule has 28 heavy (non-hydrogen) atoms. The maximum atomic E-state index is 14.0. The summed E-state index contributed by atoms with van der Waals surface area (Å²) < 4.78 is 33.4. The van der Waals surface area contributed by atoms with Crippen molar-refractivity contribution in [2.45, 2.75) is 18.4 Å². The van der Waals surface area contributed by atoms with Crippen LogP contribution in [0, 0.1) is 11.6 Å². The van der Waals surface area contributed by atoms with Crippen LogP contribution in [-0.2, 0) is 9.53 Å². The largest absolute Gasteiger partial charge is 0.361 e. The Labute approximate surface area is 160 Å². The SMILES string of the molecule is O=C(c1ncccc1F)N1CCCC2(C1)CN(c1cccc(F)c1)C(=O)CO2. The molecule has 146 valence electrons. The molecule has 1 atom stereocenters. The van der Waals surface area contributed by atoms with Crippen LogP contribution < -0.4 is 4.90 Å². The van der Waals surface area contributed by atoms with E-state index >= 15 is 0 Å². The van der Waals surface area contributed by atoms with E-state index in [9.17, 15) is 18.4 Å². The van der Waals surface area contributed by atoms with Crippen LogP contribution >= 0.6 is 0 Å². The van der Waals surface area contributed by atoms with Gasteiger partial charge in [-0.2, -0.15) is 0 Å². The van der Waals surface area contributed by atoms with E-state index in [2.05, 4.69) is 4.98 Å². The van der Waals surface area contributed by atoms with Crippen molar-refractivity contribution in [3.05, 3.63) is 59.9 Å². The Morgan fingerprint density at radius 3 is 2.82 bits per heavy atom. The predicted octanol–water partition coefficient (Wildman–Crippen LogP) is 2.40. The van der Waals surface area contributed by atoms with Gasteiger partial charge >= 0.3 is 0 Å². The number of pyridine rings is 1. The highest BCUT2D eigenvalue weighted by Gasteiger charge is 2.45. The second-order valence-corrected chi connectivity index (χ2v) is 7.10. The maximum Gasteiger partial charge on any atom is 0.275 e. The van der Waals surface area contributed by atoms with Crippen molar-refractivity contribution in [1.82, 2.24) is 9.88 Å². The topological polar surface area (TPSA) is 62.7 Å². The fourth-order valence-corrected chi connectivity index (χ4v) is 3.81. The summed E-state index contributed by atoms with van der Waals surface area (Å²) in [6, 6.07) is 8.44. The number of carbonyl (C=O) groups is 2. The molecule has 2 aromatic rings. The summed E-state index contributed by atoms with van der Waals surface area (Å²) >= 11 is 0. The molecule has 1 aromatic heterocycles. The molecule has 2 saturated heterocycles. The lowest BCUT2D eigenvalue weighted by molar-refractivity contribution is -0.144. The predicted molar refractivity (Wildman–Crippen MR) is 96.8 cm³/mol. The minimum atomic E-state index is -0.778. The van der Waals surface area contributed by atoms with E-state index in [4.69, 9.17) is 4.74 Å². The lowest BCUT2D eigenvalue weighted by Crippen LogP contribution is -2.62. The van der Waals surface area contributed by atoms with E-state index in [0.29, 0.717) is 25.1 Å². The van der Waals surface area contributed by atoms with Gasteiger partial charge < -0.3 is 14.5 Å². The van der Waals surface area contributed by atoms with E-state index in [0.717, 1.165) is 0 Å². The van der Waals surface area contributed by atoms with Crippen molar-refractivity contribution in [2.75, 3.05) is 31.1 Å². The summed E-state index contributed by atoms with van der Waals surface area (Å²) in [6.45, 7) is 0.703. The number of hydrogen-bond donors (Lipinski definition) is 0. The second-order valence-electron chi connectivity index (χ2n) is 7.10. The Hall–Kier alpha value is -2.87. The summed E-state index contributed by atoms with van der Waals surface area (Å²) in [5, 5.41) is 0. The van der Waals surface area contributed by atoms with Crippen LogP contribution in [-0.4, -0.2) is 53.5 Å². The third-order valence-corrected chi connectivity index (χ3v) is 5.16. The first-order valence-corrected chi connectivity index (χ1v) is 9.07. The quantitative estimate of drug-likeness (QED) is 0.794. The van der Waals surface area contributed by atoms with Gasteiger partial charge in [0, 0.05) is 18.4 Å². The Bertz CT molecular complexity index is 923. The molecule has 6 nitrogen and oxygen atoms in total. The fraction of sp³-hybridized carbons (Fsp3) is 0.350. The average molecular weight is 387 g/mol. The molecule has 8 heteroatoms. The van der Waals surface area contributed by atoms with Crippen LogP contribution in [0.5, 0.6) is 0 Å². The van der Waals surface area contributed by atoms with Gasteiger partial charge in [0.05, 0.1) is 13.1 Å². The van der Waals surface area contributed by atoms with Crippen LogP contribution in [0.4, 0.5) is 14.5 Å². The lowest BCUT2D eigenvalue weighted by atomic mass is 9.90. The van der Waals surface area contributed by atoms with Gasteiger partial charge in [0.15, 0.2) is 11.5 Å². The van der Waals surface area contributed by atoms with Crippen molar-refractivity contribution in [1.29, 1.82) is 0 Å². The fourth-order valence-electron chi connectivity index (χ4n) is 3.81. The first-order valence-electron chi connectivity index (χ1n) is 9.07. The number of morpholine rings is 1. The molecule has 4 rings (SSSR count). The van der Waals surface area contributed by atoms with Crippen LogP contribution in [0.3, 0.4) is 0 Å². The number of anilines is 1. The molecule has 0 aliphatic carbocycles. The Kier molecular flexibility index (Phi) is 4.80. The van der Waals surface area contributed by atoms with Gasteiger partial charge in [-0.15, -0.1) is 0 Å². The zero-order chi connectivity index (χ0) is 19.7. The Morgan fingerprint density at radius 1 is 1.18 bits per heavy atom. The highest BCUT2D eigenvalue weighted by Crippen LogP contribution is 2.32. The van der Waals surface area contributed by atoms with Gasteiger partial charge in [-0.05, 0) is 43.2 Å². The smallest absolute Gasteiger partial charge is 0.275 e. The zero-order valence-corrected chi connectivity index (χ0v) is 15.1. The molecule has 3 heterocycles. The van der Waals surface area contributed by atoms with E-state index in [1.165, 1.54) is 40.3 Å². The third kappa shape index (κ3) is 3.47. The number of rotatable bonds is 2. The number of ether oxygens (including phenoxy) is 1. The van der Waals surface area contributed by atoms with Gasteiger partial charge in [-0.1, -0.05) is 6.07 Å². The molecule has 1 aromatic carbocycles. The molecule has 2 amide bonds. The Morgan fingerprint density at radius 2 is 2.04 bits per heavy atom. The first kappa shape index (κ1) is 18.5. The molecule has 1 unspecified atom stereocenters. The summed E-state index contributed by atoms with van der Waals surface area (Å²) in [5.41, 5.74) is -0.556. The molecule has 2 aliphatic rings. The lowest BCUT2D eigenvalue weighted by Gasteiger charge is -2.47. The molecule has 1 spiro atoms. The van der Waals surface area contributed by atoms with Crippen molar-refractivity contribution in [2.24, 2.45) is 0 Å². The number of aromatic nitrogens is 1. The van der Waals surface area contributed by atoms with E-state index in [1.54, 1.807) is 12.1 Å². The normalized spacial score (nSPS) is 22.6. The van der Waals surface area contributed by atoms with E-state index in [1.807, 2.05) is 0 Å². The number of halogens is 2. The number of benzene rings is 1. The summed E-state index contributed by atoms with van der Waals surface area (Å²) in [4.78, 5) is 32.0. The van der Waals surface area contributed by atoms with Crippen LogP contribution in [0.2, 0.25) is 0 Å². The highest BCUT2D eigenvalue weighted by molar-refractivity contribution is 5.95. The van der Waals surface area contributed by atoms with Crippen LogP contribution in [0.15, 0.2) is 42.6 Å². The molecule has 0 radical (unpaired) electrons. The monoisotopic (exact) mass is 387 g/mol. The average Bonchev–Trinajstić information content (AvgIpc) is 2.70. The van der Waals surface area contributed by atoms with Crippen molar-refractivity contribution >= 4 is 17.5 Å². The number of likely N-dealkylation sites (tertiary alicyclic amines) is 1. The summed E-state index contributed by atoms with van der Waals surface area (Å²) in [6.07, 6.45) is 2.66. The van der Waals surface area contributed by atoms with Gasteiger partial charge in [-0.3, -0.25) is 9.59 Å². The van der Waals surface area contributed by atoms with Crippen molar-refractivity contribution in [3.8, 4) is 0 Å². The van der Waals surface area contributed by atoms with Crippen molar-refractivity contribution in [3.63, 3.8) is 0 Å². The van der Waals surface area contributed by atoms with Crippen LogP contribution in [0.25, 0.3) is 0 Å². The highest BCUT2D eigenvalue weighted by atomic mass is 19.1. The molecular weight excluding hydrogens is 368 g/mol. The van der Waals surface area contributed by atoms with E-state index < -0.39 is 23.1 Å². The molecular formula is C20H19F2N3O3. The van der Waals surface area contributed by atoms with Gasteiger partial charge in [0.1, 0.15) is 18.0 Å². The van der Waals surface area contributed by atoms with Crippen LogP contribution in [0.1, 0.15) is 23.3 Å². The maximum absolute atomic E-state index is 14.0. The van der Waals surface area contributed by atoms with Gasteiger partial charge in [0.25, 0.3) is 11.8 Å². The second kappa shape index (κ2) is 7.27. The Balaban J connectivity index is 1.56. The zero-order valence-electron chi connectivity index (χ0n) is 15.1. The number of hydrogen-bond acceptors (Lipinski definition) is 4. The van der Waals surface area contributed by atoms with Gasteiger partial charge in [-0.25, -0.2) is 13.8 Å². The molecule has 2 aliphatic heterocycles. The number of carbonyl (C=O) groups excluding carboxylic acids is 2.